The molecule has 0 amide bonds. The molecule has 0 aliphatic rings. The zero-order chi connectivity index (χ0) is 17.4. The van der Waals surface area contributed by atoms with Gasteiger partial charge in [-0.15, -0.1) is 0 Å². The first-order valence-corrected chi connectivity index (χ1v) is 8.33. The minimum Gasteiger partial charge on any atom is -0.345 e. The van der Waals surface area contributed by atoms with Gasteiger partial charge in [0.2, 0.25) is 10.0 Å². The van der Waals surface area contributed by atoms with Crippen molar-refractivity contribution in [2.75, 3.05) is 0 Å². The van der Waals surface area contributed by atoms with Crippen LogP contribution in [-0.2, 0) is 22.7 Å². The zero-order valence-electron chi connectivity index (χ0n) is 12.1. The molecule has 0 unspecified atom stereocenters. The van der Waals surface area contributed by atoms with E-state index in [2.05, 4.69) is 14.7 Å². The standard InChI is InChI=1S/C15H12F3N3O2S/c16-15(17,18)11-5-3-10(4-6-11)8-21-24(22,23)13-9-20-14-12(13)2-1-7-19-14/h1-7,9,21H,8H2,(H,19,20). The van der Waals surface area contributed by atoms with Gasteiger partial charge in [-0.3, -0.25) is 0 Å². The first-order chi connectivity index (χ1) is 11.3. The highest BCUT2D eigenvalue weighted by Crippen LogP contribution is 2.29. The highest BCUT2D eigenvalue weighted by molar-refractivity contribution is 7.89. The molecule has 5 nitrogen and oxygen atoms in total. The van der Waals surface area contributed by atoms with Gasteiger partial charge in [-0.25, -0.2) is 18.1 Å². The van der Waals surface area contributed by atoms with E-state index in [1.807, 2.05) is 0 Å². The second kappa shape index (κ2) is 5.91. The highest BCUT2D eigenvalue weighted by atomic mass is 32.2. The molecule has 0 saturated heterocycles. The molecule has 2 N–H and O–H groups in total. The largest absolute Gasteiger partial charge is 0.416 e. The Balaban J connectivity index is 1.78. The average Bonchev–Trinajstić information content (AvgIpc) is 2.97. The van der Waals surface area contributed by atoms with E-state index < -0.39 is 21.8 Å². The van der Waals surface area contributed by atoms with Crippen molar-refractivity contribution in [3.63, 3.8) is 0 Å². The molecule has 24 heavy (non-hydrogen) atoms. The quantitative estimate of drug-likeness (QED) is 0.755. The third-order valence-electron chi connectivity index (χ3n) is 3.45. The number of H-pyrrole nitrogens is 1. The normalized spacial score (nSPS) is 12.6. The van der Waals surface area contributed by atoms with E-state index in [1.54, 1.807) is 12.1 Å². The number of halogens is 3. The minimum absolute atomic E-state index is 0.0394. The molecule has 3 rings (SSSR count). The van der Waals surface area contributed by atoms with Gasteiger partial charge in [0.15, 0.2) is 0 Å². The van der Waals surface area contributed by atoms with E-state index in [4.69, 9.17) is 0 Å². The third kappa shape index (κ3) is 3.26. The van der Waals surface area contributed by atoms with Crippen molar-refractivity contribution in [1.82, 2.24) is 14.7 Å². The Hall–Kier alpha value is -2.39. The molecule has 0 atom stereocenters. The van der Waals surface area contributed by atoms with Crippen molar-refractivity contribution in [3.8, 4) is 0 Å². The summed E-state index contributed by atoms with van der Waals surface area (Å²) in [6.45, 7) is -0.118. The summed E-state index contributed by atoms with van der Waals surface area (Å²) in [5.74, 6) is 0. The van der Waals surface area contributed by atoms with Crippen LogP contribution in [0.5, 0.6) is 0 Å². The Morgan fingerprint density at radius 3 is 2.50 bits per heavy atom. The number of sulfonamides is 1. The summed E-state index contributed by atoms with van der Waals surface area (Å²) >= 11 is 0. The van der Waals surface area contributed by atoms with Crippen LogP contribution in [-0.4, -0.2) is 18.4 Å². The van der Waals surface area contributed by atoms with Crippen LogP contribution in [0.3, 0.4) is 0 Å². The van der Waals surface area contributed by atoms with Crippen LogP contribution in [0.4, 0.5) is 13.2 Å². The lowest BCUT2D eigenvalue weighted by molar-refractivity contribution is -0.137. The summed E-state index contributed by atoms with van der Waals surface area (Å²) in [5.41, 5.74) is 0.0776. The van der Waals surface area contributed by atoms with Gasteiger partial charge in [0.25, 0.3) is 0 Å². The van der Waals surface area contributed by atoms with Crippen LogP contribution in [0.25, 0.3) is 11.0 Å². The van der Waals surface area contributed by atoms with Gasteiger partial charge >= 0.3 is 6.18 Å². The van der Waals surface area contributed by atoms with Crippen LogP contribution in [0.2, 0.25) is 0 Å². The molecule has 2 aromatic heterocycles. The number of rotatable bonds is 4. The van der Waals surface area contributed by atoms with Crippen molar-refractivity contribution in [2.45, 2.75) is 17.6 Å². The van der Waals surface area contributed by atoms with Crippen LogP contribution < -0.4 is 4.72 Å². The number of aromatic nitrogens is 2. The molecule has 0 radical (unpaired) electrons. The van der Waals surface area contributed by atoms with Crippen molar-refractivity contribution in [1.29, 1.82) is 0 Å². The number of nitrogens with one attached hydrogen (secondary N) is 2. The lowest BCUT2D eigenvalue weighted by Gasteiger charge is -2.09. The molecule has 1 aromatic carbocycles. The predicted octanol–water partition coefficient (Wildman–Crippen LogP) is 3.06. The predicted molar refractivity (Wildman–Crippen MR) is 81.6 cm³/mol. The summed E-state index contributed by atoms with van der Waals surface area (Å²) in [4.78, 5) is 6.81. The maximum Gasteiger partial charge on any atom is 0.416 e. The zero-order valence-corrected chi connectivity index (χ0v) is 12.9. The van der Waals surface area contributed by atoms with Crippen molar-refractivity contribution < 1.29 is 21.6 Å². The molecule has 9 heteroatoms. The van der Waals surface area contributed by atoms with Gasteiger partial charge in [-0.05, 0) is 29.8 Å². The number of hydrogen-bond donors (Lipinski definition) is 2. The van der Waals surface area contributed by atoms with Gasteiger partial charge in [0, 0.05) is 24.3 Å². The smallest absolute Gasteiger partial charge is 0.345 e. The van der Waals surface area contributed by atoms with Crippen molar-refractivity contribution in [3.05, 3.63) is 59.9 Å². The van der Waals surface area contributed by atoms with Crippen LogP contribution in [0, 0.1) is 0 Å². The Kier molecular flexibility index (Phi) is 4.06. The summed E-state index contributed by atoms with van der Waals surface area (Å²) in [6.07, 6.45) is -1.56. The molecule has 126 valence electrons. The van der Waals surface area contributed by atoms with Crippen LogP contribution in [0.15, 0.2) is 53.7 Å². The third-order valence-corrected chi connectivity index (χ3v) is 4.89. The summed E-state index contributed by atoms with van der Waals surface area (Å²) in [5, 5.41) is 0.442. The van der Waals surface area contributed by atoms with Crippen molar-refractivity contribution >= 4 is 21.1 Å². The lowest BCUT2D eigenvalue weighted by atomic mass is 10.1. The second-order valence-corrected chi connectivity index (χ2v) is 6.81. The molecule has 0 saturated carbocycles. The number of hydrogen-bond acceptors (Lipinski definition) is 3. The Morgan fingerprint density at radius 2 is 1.83 bits per heavy atom. The molecule has 3 aromatic rings. The summed E-state index contributed by atoms with van der Waals surface area (Å²) in [6, 6.07) is 7.54. The molecule has 0 fully saturated rings. The van der Waals surface area contributed by atoms with Crippen LogP contribution in [0.1, 0.15) is 11.1 Å². The Morgan fingerprint density at radius 1 is 1.12 bits per heavy atom. The summed E-state index contributed by atoms with van der Waals surface area (Å²) in [7, 11) is -3.82. The Labute approximate surface area is 135 Å². The first kappa shape index (κ1) is 16.5. The van der Waals surface area contributed by atoms with E-state index in [0.29, 0.717) is 16.6 Å². The maximum absolute atomic E-state index is 12.5. The highest BCUT2D eigenvalue weighted by Gasteiger charge is 2.30. The van der Waals surface area contributed by atoms with E-state index in [-0.39, 0.29) is 11.4 Å². The van der Waals surface area contributed by atoms with Gasteiger partial charge in [-0.2, -0.15) is 13.2 Å². The summed E-state index contributed by atoms with van der Waals surface area (Å²) < 4.78 is 64.6. The van der Waals surface area contributed by atoms with Crippen molar-refractivity contribution in [2.24, 2.45) is 0 Å². The fourth-order valence-electron chi connectivity index (χ4n) is 2.22. The van der Waals surface area contributed by atoms with Gasteiger partial charge in [0.05, 0.1) is 5.56 Å². The molecular weight excluding hydrogens is 343 g/mol. The fourth-order valence-corrected chi connectivity index (χ4v) is 3.40. The van der Waals surface area contributed by atoms with E-state index in [1.165, 1.54) is 24.5 Å². The number of fused-ring (bicyclic) bond motifs is 1. The molecule has 0 bridgehead atoms. The minimum atomic E-state index is -4.42. The molecular formula is C15H12F3N3O2S. The number of pyridine rings is 1. The Bertz CT molecular complexity index is 964. The van der Waals surface area contributed by atoms with E-state index in [9.17, 15) is 21.6 Å². The molecule has 0 aliphatic heterocycles. The number of nitrogens with zero attached hydrogens (tertiary/aromatic N) is 1. The number of benzene rings is 1. The number of alkyl halides is 3. The molecule has 2 heterocycles. The first-order valence-electron chi connectivity index (χ1n) is 6.85. The SMILES string of the molecule is O=S(=O)(NCc1ccc(C(F)(F)F)cc1)c1c[nH]c2ncccc12. The van der Waals surface area contributed by atoms with Gasteiger partial charge in [0.1, 0.15) is 10.5 Å². The molecule has 0 spiro atoms. The fraction of sp³-hybridized carbons (Fsp3) is 0.133. The van der Waals surface area contributed by atoms with Gasteiger partial charge < -0.3 is 4.98 Å². The monoisotopic (exact) mass is 355 g/mol. The van der Waals surface area contributed by atoms with Crippen LogP contribution >= 0.6 is 0 Å². The maximum atomic E-state index is 12.5. The molecule has 0 aliphatic carbocycles. The average molecular weight is 355 g/mol. The van der Waals surface area contributed by atoms with E-state index in [0.717, 1.165) is 12.1 Å². The second-order valence-electron chi connectivity index (χ2n) is 5.07. The topological polar surface area (TPSA) is 74.8 Å². The van der Waals surface area contributed by atoms with E-state index >= 15 is 0 Å². The lowest BCUT2D eigenvalue weighted by Crippen LogP contribution is -2.23. The van der Waals surface area contributed by atoms with Gasteiger partial charge in [-0.1, -0.05) is 12.1 Å². The number of aromatic amines is 1.